The largest absolute Gasteiger partial charge is 0.507 e. The fraction of sp³-hybridized carbons (Fsp3) is 0.429. The Hall–Kier alpha value is -3.12. The first-order valence-electron chi connectivity index (χ1n) is 12.0. The van der Waals surface area contributed by atoms with Crippen LogP contribution in [0.15, 0.2) is 48.0 Å². The molecule has 182 valence electrons. The molecule has 0 saturated carbocycles. The van der Waals surface area contributed by atoms with Gasteiger partial charge in [-0.3, -0.25) is 9.59 Å². The summed E-state index contributed by atoms with van der Waals surface area (Å²) in [5, 5.41) is 11.3. The lowest BCUT2D eigenvalue weighted by molar-refractivity contribution is -0.140. The number of likely N-dealkylation sites (tertiary alicyclic amines) is 1. The van der Waals surface area contributed by atoms with Crippen molar-refractivity contribution in [3.05, 3.63) is 70.3 Å². The predicted octanol–water partition coefficient (Wildman–Crippen LogP) is 5.19. The van der Waals surface area contributed by atoms with Crippen LogP contribution in [0.1, 0.15) is 62.4 Å². The molecule has 1 aliphatic rings. The van der Waals surface area contributed by atoms with Crippen LogP contribution in [-0.2, 0) is 20.7 Å². The summed E-state index contributed by atoms with van der Waals surface area (Å²) in [7, 11) is 0. The summed E-state index contributed by atoms with van der Waals surface area (Å²) in [4.78, 5) is 27.7. The molecule has 2 aromatic rings. The predicted molar refractivity (Wildman–Crippen MR) is 133 cm³/mol. The summed E-state index contributed by atoms with van der Waals surface area (Å²) < 4.78 is 11.4. The quantitative estimate of drug-likeness (QED) is 0.297. The first kappa shape index (κ1) is 25.5. The van der Waals surface area contributed by atoms with E-state index in [9.17, 15) is 14.7 Å². The van der Waals surface area contributed by atoms with Crippen molar-refractivity contribution in [2.24, 2.45) is 0 Å². The molecule has 3 rings (SSSR count). The number of Topliss-reactive ketones (excluding diaryl/α,β-unsaturated/α-hetero) is 1. The van der Waals surface area contributed by atoms with E-state index < -0.39 is 17.7 Å². The van der Waals surface area contributed by atoms with Crippen LogP contribution in [0.4, 0.5) is 0 Å². The molecule has 0 aromatic heterocycles. The Morgan fingerprint density at radius 2 is 1.76 bits per heavy atom. The van der Waals surface area contributed by atoms with Crippen molar-refractivity contribution in [1.29, 1.82) is 0 Å². The molecule has 0 radical (unpaired) electrons. The minimum Gasteiger partial charge on any atom is -0.507 e. The molecule has 6 heteroatoms. The molecule has 6 nitrogen and oxygen atoms in total. The molecule has 1 fully saturated rings. The lowest BCUT2D eigenvalue weighted by atomic mass is 9.94. The van der Waals surface area contributed by atoms with Gasteiger partial charge in [-0.1, -0.05) is 38.1 Å². The highest BCUT2D eigenvalue weighted by Crippen LogP contribution is 2.39. The number of amides is 1. The Bertz CT molecular complexity index is 1050. The Morgan fingerprint density at radius 3 is 2.35 bits per heavy atom. The van der Waals surface area contributed by atoms with E-state index >= 15 is 0 Å². The fourth-order valence-corrected chi connectivity index (χ4v) is 4.11. The fourth-order valence-electron chi connectivity index (χ4n) is 4.11. The number of ketones is 1. The summed E-state index contributed by atoms with van der Waals surface area (Å²) in [6.07, 6.45) is 1.78. The van der Waals surface area contributed by atoms with Gasteiger partial charge in [0.2, 0.25) is 0 Å². The average Bonchev–Trinajstić information content (AvgIpc) is 3.07. The molecule has 1 aliphatic heterocycles. The van der Waals surface area contributed by atoms with Gasteiger partial charge in [0.1, 0.15) is 11.5 Å². The normalized spacial score (nSPS) is 17.6. The molecule has 0 spiro atoms. The number of carbonyl (C=O) groups excluding carboxylic acids is 2. The minimum absolute atomic E-state index is 0.00975. The second-order valence-corrected chi connectivity index (χ2v) is 8.84. The zero-order valence-corrected chi connectivity index (χ0v) is 20.8. The summed E-state index contributed by atoms with van der Waals surface area (Å²) in [6.45, 7) is 11.0. The van der Waals surface area contributed by atoms with Crippen LogP contribution >= 0.6 is 0 Å². The second kappa shape index (κ2) is 11.3. The van der Waals surface area contributed by atoms with E-state index in [2.05, 4.69) is 6.92 Å². The maximum Gasteiger partial charge on any atom is 0.295 e. The molecule has 0 aliphatic carbocycles. The molecule has 1 atom stereocenters. The first-order valence-corrected chi connectivity index (χ1v) is 12.0. The van der Waals surface area contributed by atoms with Crippen molar-refractivity contribution < 1.29 is 24.2 Å². The van der Waals surface area contributed by atoms with Crippen LogP contribution < -0.4 is 4.74 Å². The lowest BCUT2D eigenvalue weighted by Crippen LogP contribution is -2.33. The van der Waals surface area contributed by atoms with E-state index in [1.54, 1.807) is 18.2 Å². The van der Waals surface area contributed by atoms with Crippen LogP contribution in [-0.4, -0.2) is 47.6 Å². The maximum atomic E-state index is 13.2. The zero-order valence-electron chi connectivity index (χ0n) is 20.8. The highest BCUT2D eigenvalue weighted by Gasteiger charge is 2.45. The van der Waals surface area contributed by atoms with Crippen LogP contribution in [0, 0.1) is 6.92 Å². The van der Waals surface area contributed by atoms with Gasteiger partial charge in [-0.15, -0.1) is 0 Å². The molecule has 1 saturated heterocycles. The van der Waals surface area contributed by atoms with E-state index in [0.717, 1.165) is 35.3 Å². The average molecular weight is 466 g/mol. The SMILES string of the molecule is CCCOc1ccc(/C(O)=C2/C(=O)C(=O)N(CCOC(C)C)C2c2ccc(CC)cc2)cc1C. The molecule has 1 unspecified atom stereocenters. The van der Waals surface area contributed by atoms with Crippen molar-refractivity contribution in [2.75, 3.05) is 19.8 Å². The van der Waals surface area contributed by atoms with Crippen molar-refractivity contribution in [3.63, 3.8) is 0 Å². The standard InChI is InChI=1S/C28H35NO5/c1-6-15-34-23-13-12-22(17-19(23)5)26(30)24-25(21-10-8-20(7-2)9-11-21)29(28(32)27(24)31)14-16-33-18(3)4/h8-13,17-18,25,30H,6-7,14-16H2,1-5H3/b26-24-. The number of aliphatic hydroxyl groups excluding tert-OH is 1. The van der Waals surface area contributed by atoms with E-state index in [-0.39, 0.29) is 24.0 Å². The molecule has 1 N–H and O–H groups in total. The van der Waals surface area contributed by atoms with Gasteiger partial charge in [0.15, 0.2) is 0 Å². The zero-order chi connectivity index (χ0) is 24.8. The number of hydrogen-bond donors (Lipinski definition) is 1. The van der Waals surface area contributed by atoms with E-state index in [0.29, 0.717) is 18.8 Å². The van der Waals surface area contributed by atoms with Crippen LogP contribution in [0.25, 0.3) is 5.76 Å². The number of benzene rings is 2. The molecule has 2 aromatic carbocycles. The summed E-state index contributed by atoms with van der Waals surface area (Å²) >= 11 is 0. The Kier molecular flexibility index (Phi) is 8.51. The number of aryl methyl sites for hydroxylation is 2. The van der Waals surface area contributed by atoms with Gasteiger partial charge in [-0.05, 0) is 68.5 Å². The Labute approximate surface area is 202 Å². The highest BCUT2D eigenvalue weighted by atomic mass is 16.5. The van der Waals surface area contributed by atoms with E-state index in [1.807, 2.05) is 52.0 Å². The van der Waals surface area contributed by atoms with Gasteiger partial charge in [0.05, 0.1) is 30.9 Å². The minimum atomic E-state index is -0.685. The van der Waals surface area contributed by atoms with Gasteiger partial charge in [0.25, 0.3) is 11.7 Å². The Morgan fingerprint density at radius 1 is 1.06 bits per heavy atom. The van der Waals surface area contributed by atoms with Crippen molar-refractivity contribution in [3.8, 4) is 5.75 Å². The molecule has 1 heterocycles. The number of nitrogens with zero attached hydrogens (tertiary/aromatic N) is 1. The van der Waals surface area contributed by atoms with E-state index in [4.69, 9.17) is 9.47 Å². The summed E-state index contributed by atoms with van der Waals surface area (Å²) in [6, 6.07) is 12.4. The van der Waals surface area contributed by atoms with Crippen LogP contribution in [0.3, 0.4) is 0 Å². The van der Waals surface area contributed by atoms with Crippen molar-refractivity contribution >= 4 is 17.4 Å². The van der Waals surface area contributed by atoms with Gasteiger partial charge in [0, 0.05) is 12.1 Å². The number of aliphatic hydroxyl groups is 1. The van der Waals surface area contributed by atoms with Crippen molar-refractivity contribution in [1.82, 2.24) is 4.90 Å². The molecular formula is C28H35NO5. The molecule has 34 heavy (non-hydrogen) atoms. The number of hydrogen-bond acceptors (Lipinski definition) is 5. The van der Waals surface area contributed by atoms with Crippen molar-refractivity contribution in [2.45, 2.75) is 59.6 Å². The smallest absolute Gasteiger partial charge is 0.295 e. The third-order valence-electron chi connectivity index (χ3n) is 5.94. The summed E-state index contributed by atoms with van der Waals surface area (Å²) in [5.74, 6) is -0.759. The van der Waals surface area contributed by atoms with E-state index in [1.165, 1.54) is 4.90 Å². The number of carbonyl (C=O) groups is 2. The van der Waals surface area contributed by atoms with Crippen LogP contribution in [0.5, 0.6) is 5.75 Å². The number of rotatable bonds is 10. The molecule has 0 bridgehead atoms. The third-order valence-corrected chi connectivity index (χ3v) is 5.94. The van der Waals surface area contributed by atoms with Gasteiger partial charge >= 0.3 is 0 Å². The summed E-state index contributed by atoms with van der Waals surface area (Å²) in [5.41, 5.74) is 3.36. The van der Waals surface area contributed by atoms with Crippen LogP contribution in [0.2, 0.25) is 0 Å². The van der Waals surface area contributed by atoms with Gasteiger partial charge < -0.3 is 19.5 Å². The Balaban J connectivity index is 2.05. The lowest BCUT2D eigenvalue weighted by Gasteiger charge is -2.26. The third kappa shape index (κ3) is 5.50. The van der Waals surface area contributed by atoms with Gasteiger partial charge in [-0.25, -0.2) is 0 Å². The molecular weight excluding hydrogens is 430 g/mol. The second-order valence-electron chi connectivity index (χ2n) is 8.84. The van der Waals surface area contributed by atoms with Gasteiger partial charge in [-0.2, -0.15) is 0 Å². The maximum absolute atomic E-state index is 13.2. The molecule has 1 amide bonds. The topological polar surface area (TPSA) is 76.1 Å². The monoisotopic (exact) mass is 465 g/mol. The highest BCUT2D eigenvalue weighted by molar-refractivity contribution is 6.46. The number of ether oxygens (including phenoxy) is 2. The first-order chi connectivity index (χ1) is 16.3.